The fraction of sp³-hybridized carbons (Fsp3) is 0.727. The summed E-state index contributed by atoms with van der Waals surface area (Å²) < 4.78 is 10.4. The van der Waals surface area contributed by atoms with Gasteiger partial charge in [0.05, 0.1) is 7.11 Å². The Morgan fingerprint density at radius 1 is 1.11 bits per heavy atom. The van der Waals surface area contributed by atoms with Gasteiger partial charge >= 0.3 is 6.01 Å². The Hall–Kier alpha value is -1.67. The third kappa shape index (κ3) is 6.16. The number of aromatic nitrogens is 3. The maximum Gasteiger partial charge on any atom is 0.322 e. The van der Waals surface area contributed by atoms with Crippen LogP contribution in [-0.4, -0.2) is 41.8 Å². The van der Waals surface area contributed by atoms with Crippen LogP contribution in [0.15, 0.2) is 0 Å². The Kier molecular flexibility index (Phi) is 7.52. The number of nitrogen functional groups attached to an aromatic ring is 1. The molecule has 8 heteroatoms. The molecule has 19 heavy (non-hydrogen) atoms. The minimum Gasteiger partial charge on any atom is -0.467 e. The highest BCUT2D eigenvalue weighted by molar-refractivity contribution is 5.34. The molecule has 0 saturated carbocycles. The zero-order valence-corrected chi connectivity index (χ0v) is 11.5. The SMILES string of the molecule is CCCCOCCCNc1nc(NN)nc(OC)n1. The first-order chi connectivity index (χ1) is 9.30. The lowest BCUT2D eigenvalue weighted by Crippen LogP contribution is -2.15. The molecule has 1 heterocycles. The summed E-state index contributed by atoms with van der Waals surface area (Å²) in [7, 11) is 1.49. The van der Waals surface area contributed by atoms with Gasteiger partial charge in [-0.25, -0.2) is 5.84 Å². The van der Waals surface area contributed by atoms with Crippen molar-refractivity contribution >= 4 is 11.9 Å². The van der Waals surface area contributed by atoms with Crippen molar-refractivity contribution in [2.45, 2.75) is 26.2 Å². The molecular formula is C11H22N6O2. The number of hydrogen-bond donors (Lipinski definition) is 3. The molecule has 0 radical (unpaired) electrons. The van der Waals surface area contributed by atoms with Crippen molar-refractivity contribution < 1.29 is 9.47 Å². The number of methoxy groups -OCH3 is 1. The van der Waals surface area contributed by atoms with Crippen LogP contribution in [-0.2, 0) is 4.74 Å². The van der Waals surface area contributed by atoms with E-state index in [-0.39, 0.29) is 12.0 Å². The van der Waals surface area contributed by atoms with Gasteiger partial charge in [-0.2, -0.15) is 15.0 Å². The predicted octanol–water partition coefficient (Wildman–Crippen LogP) is 0.785. The summed E-state index contributed by atoms with van der Waals surface area (Å²) in [5, 5.41) is 3.07. The van der Waals surface area contributed by atoms with Crippen molar-refractivity contribution in [3.8, 4) is 6.01 Å². The number of nitrogens with zero attached hydrogens (tertiary/aromatic N) is 3. The van der Waals surface area contributed by atoms with Gasteiger partial charge in [0, 0.05) is 19.8 Å². The van der Waals surface area contributed by atoms with Crippen molar-refractivity contribution in [2.24, 2.45) is 5.84 Å². The predicted molar refractivity (Wildman–Crippen MR) is 73.0 cm³/mol. The molecule has 0 atom stereocenters. The second-order valence-corrected chi connectivity index (χ2v) is 3.86. The van der Waals surface area contributed by atoms with Crippen LogP contribution in [0.25, 0.3) is 0 Å². The highest BCUT2D eigenvalue weighted by Crippen LogP contribution is 2.09. The molecule has 0 amide bonds. The van der Waals surface area contributed by atoms with Gasteiger partial charge < -0.3 is 14.8 Å². The molecule has 0 spiro atoms. The second-order valence-electron chi connectivity index (χ2n) is 3.86. The number of ether oxygens (including phenoxy) is 2. The number of rotatable bonds is 10. The van der Waals surface area contributed by atoms with Crippen LogP contribution in [0.2, 0.25) is 0 Å². The smallest absolute Gasteiger partial charge is 0.322 e. The quantitative estimate of drug-likeness (QED) is 0.325. The van der Waals surface area contributed by atoms with Crippen LogP contribution < -0.4 is 21.3 Å². The Morgan fingerprint density at radius 3 is 2.53 bits per heavy atom. The third-order valence-corrected chi connectivity index (χ3v) is 2.32. The van der Waals surface area contributed by atoms with Gasteiger partial charge in [0.2, 0.25) is 11.9 Å². The van der Waals surface area contributed by atoms with Gasteiger partial charge in [-0.05, 0) is 12.8 Å². The largest absolute Gasteiger partial charge is 0.467 e. The number of unbranched alkanes of at least 4 members (excludes halogenated alkanes) is 1. The fourth-order valence-corrected chi connectivity index (χ4v) is 1.31. The van der Waals surface area contributed by atoms with Gasteiger partial charge in [0.1, 0.15) is 0 Å². The molecule has 1 aromatic heterocycles. The lowest BCUT2D eigenvalue weighted by atomic mass is 10.4. The highest BCUT2D eigenvalue weighted by atomic mass is 16.5. The number of anilines is 2. The van der Waals surface area contributed by atoms with Crippen LogP contribution in [0.5, 0.6) is 6.01 Å². The Labute approximate surface area is 113 Å². The van der Waals surface area contributed by atoms with Gasteiger partial charge in [0.15, 0.2) is 0 Å². The van der Waals surface area contributed by atoms with Crippen LogP contribution in [0.4, 0.5) is 11.9 Å². The van der Waals surface area contributed by atoms with E-state index in [1.54, 1.807) is 0 Å². The molecule has 1 rings (SSSR count). The van der Waals surface area contributed by atoms with E-state index in [1.165, 1.54) is 7.11 Å². The standard InChI is InChI=1S/C11H22N6O2/c1-3-4-7-19-8-5-6-13-9-14-10(17-12)16-11(15-9)18-2/h3-8,12H2,1-2H3,(H2,13,14,15,16,17). The summed E-state index contributed by atoms with van der Waals surface area (Å²) in [6.45, 7) is 4.39. The summed E-state index contributed by atoms with van der Waals surface area (Å²) in [5.74, 6) is 5.94. The van der Waals surface area contributed by atoms with E-state index in [0.717, 1.165) is 32.5 Å². The molecule has 8 nitrogen and oxygen atoms in total. The normalized spacial score (nSPS) is 10.3. The van der Waals surface area contributed by atoms with Crippen molar-refractivity contribution in [2.75, 3.05) is 37.6 Å². The average molecular weight is 270 g/mol. The van der Waals surface area contributed by atoms with E-state index < -0.39 is 0 Å². The molecule has 0 unspecified atom stereocenters. The van der Waals surface area contributed by atoms with E-state index in [9.17, 15) is 0 Å². The van der Waals surface area contributed by atoms with Crippen molar-refractivity contribution in [3.63, 3.8) is 0 Å². The van der Waals surface area contributed by atoms with Gasteiger partial charge in [-0.15, -0.1) is 0 Å². The molecular weight excluding hydrogens is 248 g/mol. The summed E-state index contributed by atoms with van der Waals surface area (Å²) in [5.41, 5.74) is 2.36. The van der Waals surface area contributed by atoms with Gasteiger partial charge in [-0.3, -0.25) is 5.43 Å². The minimum atomic E-state index is 0.213. The molecule has 0 aliphatic carbocycles. The van der Waals surface area contributed by atoms with E-state index in [1.807, 2.05) is 0 Å². The third-order valence-electron chi connectivity index (χ3n) is 2.32. The summed E-state index contributed by atoms with van der Waals surface area (Å²) >= 11 is 0. The van der Waals surface area contributed by atoms with E-state index in [2.05, 4.69) is 32.6 Å². The summed E-state index contributed by atoms with van der Waals surface area (Å²) in [6.07, 6.45) is 3.13. The Balaban J connectivity index is 2.28. The maximum absolute atomic E-state index is 5.45. The first-order valence-electron chi connectivity index (χ1n) is 6.38. The van der Waals surface area contributed by atoms with Crippen molar-refractivity contribution in [1.82, 2.24) is 15.0 Å². The fourth-order valence-electron chi connectivity index (χ4n) is 1.31. The maximum atomic E-state index is 5.45. The molecule has 0 aliphatic rings. The summed E-state index contributed by atoms with van der Waals surface area (Å²) in [6, 6.07) is 0.213. The van der Waals surface area contributed by atoms with E-state index >= 15 is 0 Å². The van der Waals surface area contributed by atoms with Crippen LogP contribution >= 0.6 is 0 Å². The van der Waals surface area contributed by atoms with Crippen molar-refractivity contribution in [3.05, 3.63) is 0 Å². The Bertz CT molecular complexity index is 341. The molecule has 0 fully saturated rings. The monoisotopic (exact) mass is 270 g/mol. The van der Waals surface area contributed by atoms with Crippen molar-refractivity contribution in [1.29, 1.82) is 0 Å². The average Bonchev–Trinajstić information content (AvgIpc) is 2.45. The van der Waals surface area contributed by atoms with Crippen LogP contribution in [0.1, 0.15) is 26.2 Å². The molecule has 0 aliphatic heterocycles. The first-order valence-corrected chi connectivity index (χ1v) is 6.38. The number of hydrogen-bond acceptors (Lipinski definition) is 8. The number of nitrogens with two attached hydrogens (primary N) is 1. The molecule has 0 aromatic carbocycles. The first kappa shape index (κ1) is 15.4. The zero-order chi connectivity index (χ0) is 13.9. The van der Waals surface area contributed by atoms with Gasteiger partial charge in [0.25, 0.3) is 0 Å². The number of nitrogens with one attached hydrogen (secondary N) is 2. The molecule has 0 saturated heterocycles. The molecule has 108 valence electrons. The number of hydrazine groups is 1. The minimum absolute atomic E-state index is 0.213. The molecule has 4 N–H and O–H groups in total. The van der Waals surface area contributed by atoms with Crippen LogP contribution in [0, 0.1) is 0 Å². The Morgan fingerprint density at radius 2 is 1.84 bits per heavy atom. The molecule has 0 bridgehead atoms. The molecule has 1 aromatic rings. The van der Waals surface area contributed by atoms with E-state index in [0.29, 0.717) is 12.5 Å². The lowest BCUT2D eigenvalue weighted by molar-refractivity contribution is 0.131. The highest BCUT2D eigenvalue weighted by Gasteiger charge is 2.04. The zero-order valence-electron chi connectivity index (χ0n) is 11.5. The second kappa shape index (κ2) is 9.29. The van der Waals surface area contributed by atoms with E-state index in [4.69, 9.17) is 15.3 Å². The topological polar surface area (TPSA) is 107 Å². The summed E-state index contributed by atoms with van der Waals surface area (Å²) in [4.78, 5) is 12.0. The van der Waals surface area contributed by atoms with Gasteiger partial charge in [-0.1, -0.05) is 13.3 Å². The van der Waals surface area contributed by atoms with Crippen LogP contribution in [0.3, 0.4) is 0 Å². The lowest BCUT2D eigenvalue weighted by Gasteiger charge is -2.08.